The van der Waals surface area contributed by atoms with Crippen molar-refractivity contribution in [1.82, 2.24) is 4.31 Å². The summed E-state index contributed by atoms with van der Waals surface area (Å²) in [6, 6.07) is 3.71. The van der Waals surface area contributed by atoms with Crippen molar-refractivity contribution in [1.29, 1.82) is 0 Å². The predicted octanol–water partition coefficient (Wildman–Crippen LogP) is 1.69. The molecule has 0 aromatic heterocycles. The molecule has 7 nitrogen and oxygen atoms in total. The Morgan fingerprint density at radius 1 is 1.29 bits per heavy atom. The van der Waals surface area contributed by atoms with Crippen LogP contribution in [0.25, 0.3) is 0 Å². The van der Waals surface area contributed by atoms with Crippen molar-refractivity contribution >= 4 is 27.6 Å². The number of nitrogens with zero attached hydrogens (tertiary/aromatic N) is 1. The number of aryl methyl sites for hydroxylation is 1. The van der Waals surface area contributed by atoms with Crippen LogP contribution in [-0.4, -0.2) is 48.0 Å². The summed E-state index contributed by atoms with van der Waals surface area (Å²) in [6.45, 7) is 5.59. The molecule has 1 aromatic rings. The van der Waals surface area contributed by atoms with Crippen LogP contribution in [-0.2, 0) is 14.8 Å². The third-order valence-electron chi connectivity index (χ3n) is 4.07. The zero-order valence-corrected chi connectivity index (χ0v) is 14.8. The minimum Gasteiger partial charge on any atom is -0.478 e. The Balaban J connectivity index is 2.23. The molecule has 8 heteroatoms. The van der Waals surface area contributed by atoms with E-state index in [0.29, 0.717) is 24.2 Å². The van der Waals surface area contributed by atoms with E-state index in [1.165, 1.54) is 16.4 Å². The van der Waals surface area contributed by atoms with Gasteiger partial charge in [-0.05, 0) is 43.0 Å². The van der Waals surface area contributed by atoms with Crippen LogP contribution in [0.15, 0.2) is 18.2 Å². The molecule has 0 saturated carbocycles. The van der Waals surface area contributed by atoms with Crippen LogP contribution in [0.2, 0.25) is 0 Å². The summed E-state index contributed by atoms with van der Waals surface area (Å²) in [5, 5.41) is 11.7. The van der Waals surface area contributed by atoms with E-state index in [9.17, 15) is 18.0 Å². The van der Waals surface area contributed by atoms with Gasteiger partial charge in [0.05, 0.1) is 11.3 Å². The molecule has 1 atom stereocenters. The first kappa shape index (κ1) is 18.4. The molecule has 1 unspecified atom stereocenters. The third kappa shape index (κ3) is 3.76. The number of benzene rings is 1. The molecule has 0 spiro atoms. The lowest BCUT2D eigenvalue weighted by Gasteiger charge is -2.28. The van der Waals surface area contributed by atoms with Gasteiger partial charge in [0, 0.05) is 12.2 Å². The summed E-state index contributed by atoms with van der Waals surface area (Å²) in [7, 11) is -3.40. The number of rotatable bonds is 5. The molecule has 0 aliphatic carbocycles. The molecule has 1 aromatic carbocycles. The van der Waals surface area contributed by atoms with E-state index in [1.54, 1.807) is 26.8 Å². The Kier molecular flexibility index (Phi) is 5.29. The fourth-order valence-corrected chi connectivity index (χ4v) is 4.76. The molecule has 24 heavy (non-hydrogen) atoms. The molecular formula is C16H22N2O5S. The smallest absolute Gasteiger partial charge is 0.335 e. The Hall–Kier alpha value is -1.93. The number of anilines is 1. The van der Waals surface area contributed by atoms with Gasteiger partial charge in [0.25, 0.3) is 0 Å². The zero-order chi connectivity index (χ0) is 18.1. The molecule has 0 bridgehead atoms. The minimum atomic E-state index is -3.40. The predicted molar refractivity (Wildman–Crippen MR) is 90.5 cm³/mol. The third-order valence-corrected chi connectivity index (χ3v) is 6.00. The van der Waals surface area contributed by atoms with Gasteiger partial charge >= 0.3 is 5.97 Å². The first-order chi connectivity index (χ1) is 11.1. The zero-order valence-electron chi connectivity index (χ0n) is 13.9. The molecule has 1 amide bonds. The number of sulfonamides is 1. The number of hydrogen-bond acceptors (Lipinski definition) is 4. The first-order valence-corrected chi connectivity index (χ1v) is 9.38. The molecule has 132 valence electrons. The van der Waals surface area contributed by atoms with E-state index in [0.717, 1.165) is 0 Å². The minimum absolute atomic E-state index is 0.0654. The van der Waals surface area contributed by atoms with E-state index >= 15 is 0 Å². The van der Waals surface area contributed by atoms with Gasteiger partial charge in [0.15, 0.2) is 0 Å². The molecule has 1 fully saturated rings. The highest BCUT2D eigenvalue weighted by atomic mass is 32.2. The molecule has 1 heterocycles. The van der Waals surface area contributed by atoms with Crippen molar-refractivity contribution in [3.63, 3.8) is 0 Å². The molecule has 0 radical (unpaired) electrons. The van der Waals surface area contributed by atoms with Gasteiger partial charge in [0.2, 0.25) is 15.9 Å². The van der Waals surface area contributed by atoms with Crippen molar-refractivity contribution in [3.05, 3.63) is 29.3 Å². The molecule has 2 rings (SSSR count). The van der Waals surface area contributed by atoms with Crippen LogP contribution in [0.4, 0.5) is 5.69 Å². The standard InChI is InChI=1S/C16H22N2O5S/c1-10(2)14(18-7-4-8-24(18,22)23)15(19)17-12-5-6-13(16(20)21)11(3)9-12/h5-6,9-10,14H,4,7-8H2,1-3H3,(H,17,19)(H,20,21). The summed E-state index contributed by atoms with van der Waals surface area (Å²) >= 11 is 0. The number of nitrogens with one attached hydrogen (secondary N) is 1. The van der Waals surface area contributed by atoms with E-state index in [1.807, 2.05) is 0 Å². The second-order valence-electron chi connectivity index (χ2n) is 6.29. The van der Waals surface area contributed by atoms with Crippen LogP contribution in [0.5, 0.6) is 0 Å². The lowest BCUT2D eigenvalue weighted by atomic mass is 10.0. The fraction of sp³-hybridized carbons (Fsp3) is 0.500. The largest absolute Gasteiger partial charge is 0.478 e. The molecule has 1 aliphatic rings. The van der Waals surface area contributed by atoms with Gasteiger partial charge in [-0.3, -0.25) is 4.79 Å². The average Bonchev–Trinajstić information content (AvgIpc) is 2.78. The maximum Gasteiger partial charge on any atom is 0.335 e. The number of carbonyl (C=O) groups is 2. The lowest BCUT2D eigenvalue weighted by Crippen LogP contribution is -2.48. The Morgan fingerprint density at radius 3 is 2.42 bits per heavy atom. The second-order valence-corrected chi connectivity index (χ2v) is 8.33. The normalized spacial score (nSPS) is 18.5. The van der Waals surface area contributed by atoms with Crippen LogP contribution >= 0.6 is 0 Å². The van der Waals surface area contributed by atoms with E-state index < -0.39 is 27.9 Å². The van der Waals surface area contributed by atoms with Crippen molar-refractivity contribution in [2.45, 2.75) is 33.2 Å². The molecule has 1 saturated heterocycles. The van der Waals surface area contributed by atoms with Crippen molar-refractivity contribution in [3.8, 4) is 0 Å². The maximum absolute atomic E-state index is 12.6. The SMILES string of the molecule is Cc1cc(NC(=O)C(C(C)C)N2CCCS2(=O)=O)ccc1C(=O)O. The topological polar surface area (TPSA) is 104 Å². The van der Waals surface area contributed by atoms with Crippen LogP contribution in [0.3, 0.4) is 0 Å². The van der Waals surface area contributed by atoms with E-state index in [4.69, 9.17) is 5.11 Å². The second kappa shape index (κ2) is 6.90. The van der Waals surface area contributed by atoms with Gasteiger partial charge in [-0.2, -0.15) is 4.31 Å². The van der Waals surface area contributed by atoms with Crippen molar-refractivity contribution in [2.24, 2.45) is 5.92 Å². The van der Waals surface area contributed by atoms with E-state index in [-0.39, 0.29) is 17.2 Å². The van der Waals surface area contributed by atoms with Crippen molar-refractivity contribution in [2.75, 3.05) is 17.6 Å². The summed E-state index contributed by atoms with van der Waals surface area (Å²) in [5.41, 5.74) is 1.13. The Labute approximate surface area is 141 Å². The van der Waals surface area contributed by atoms with Crippen LogP contribution in [0, 0.1) is 12.8 Å². The number of carboxylic acid groups (broad SMARTS) is 1. The Morgan fingerprint density at radius 2 is 1.96 bits per heavy atom. The fourth-order valence-electron chi connectivity index (χ4n) is 2.93. The number of aromatic carboxylic acids is 1. The van der Waals surface area contributed by atoms with Gasteiger partial charge in [0.1, 0.15) is 6.04 Å². The monoisotopic (exact) mass is 354 g/mol. The highest BCUT2D eigenvalue weighted by Gasteiger charge is 2.39. The molecular weight excluding hydrogens is 332 g/mol. The number of carboxylic acids is 1. The maximum atomic E-state index is 12.6. The summed E-state index contributed by atoms with van der Waals surface area (Å²) in [4.78, 5) is 23.7. The number of amides is 1. The highest BCUT2D eigenvalue weighted by molar-refractivity contribution is 7.89. The molecule has 2 N–H and O–H groups in total. The van der Waals surface area contributed by atoms with Crippen LogP contribution in [0.1, 0.15) is 36.2 Å². The highest BCUT2D eigenvalue weighted by Crippen LogP contribution is 2.24. The molecule has 1 aliphatic heterocycles. The lowest BCUT2D eigenvalue weighted by molar-refractivity contribution is -0.120. The van der Waals surface area contributed by atoms with Crippen molar-refractivity contribution < 1.29 is 23.1 Å². The van der Waals surface area contributed by atoms with Gasteiger partial charge in [-0.1, -0.05) is 13.8 Å². The number of hydrogen-bond donors (Lipinski definition) is 2. The Bertz CT molecular complexity index is 758. The summed E-state index contributed by atoms with van der Waals surface area (Å²) in [5.74, 6) is -1.56. The van der Waals surface area contributed by atoms with Crippen LogP contribution < -0.4 is 5.32 Å². The van der Waals surface area contributed by atoms with Gasteiger partial charge < -0.3 is 10.4 Å². The first-order valence-electron chi connectivity index (χ1n) is 7.78. The summed E-state index contributed by atoms with van der Waals surface area (Å²) in [6.07, 6.45) is 0.519. The summed E-state index contributed by atoms with van der Waals surface area (Å²) < 4.78 is 25.5. The number of carbonyl (C=O) groups excluding carboxylic acids is 1. The quantitative estimate of drug-likeness (QED) is 0.837. The average molecular weight is 354 g/mol. The van der Waals surface area contributed by atoms with E-state index in [2.05, 4.69) is 5.32 Å². The van der Waals surface area contributed by atoms with Gasteiger partial charge in [-0.15, -0.1) is 0 Å². The van der Waals surface area contributed by atoms with Gasteiger partial charge in [-0.25, -0.2) is 13.2 Å².